The predicted octanol–water partition coefficient (Wildman–Crippen LogP) is 7.74. The Kier molecular flexibility index (Phi) is 7.89. The van der Waals surface area contributed by atoms with E-state index in [1.54, 1.807) is 23.0 Å². The summed E-state index contributed by atoms with van der Waals surface area (Å²) in [6.45, 7) is 13.8. The van der Waals surface area contributed by atoms with E-state index < -0.39 is 11.7 Å². The molecule has 3 heterocycles. The summed E-state index contributed by atoms with van der Waals surface area (Å²) >= 11 is 7.82. The van der Waals surface area contributed by atoms with Crippen molar-refractivity contribution in [3.05, 3.63) is 88.8 Å². The summed E-state index contributed by atoms with van der Waals surface area (Å²) in [5.74, 6) is -0.356. The highest BCUT2D eigenvalue weighted by Gasteiger charge is 2.67. The number of benzene rings is 2. The zero-order valence-electron chi connectivity index (χ0n) is 24.3. The van der Waals surface area contributed by atoms with Gasteiger partial charge in [-0.2, -0.15) is 0 Å². The van der Waals surface area contributed by atoms with Crippen LogP contribution in [0.15, 0.2) is 71.8 Å². The van der Waals surface area contributed by atoms with Crippen LogP contribution < -0.4 is 4.74 Å². The van der Waals surface area contributed by atoms with E-state index in [1.807, 2.05) is 60.7 Å². The van der Waals surface area contributed by atoms with E-state index in [-0.39, 0.29) is 10.2 Å². The number of carboxylic acids is 1. The molecule has 1 aliphatic heterocycles. The smallest absolute Gasteiger partial charge is 0.362 e. The summed E-state index contributed by atoms with van der Waals surface area (Å²) < 4.78 is 8.02. The Labute approximate surface area is 250 Å². The van der Waals surface area contributed by atoms with Crippen LogP contribution in [-0.2, 0) is 28.5 Å². The van der Waals surface area contributed by atoms with E-state index in [0.29, 0.717) is 36.2 Å². The molecule has 0 amide bonds. The number of aliphatic carboxylic acids is 1. The van der Waals surface area contributed by atoms with Gasteiger partial charge < -0.3 is 14.4 Å². The molecule has 2 unspecified atom stereocenters. The summed E-state index contributed by atoms with van der Waals surface area (Å²) in [5.41, 5.74) is 1.56. The molecular formula is C32H36ClN3O4S. The minimum absolute atomic E-state index is 0.173. The number of pyridine rings is 1. The van der Waals surface area contributed by atoms with Crippen molar-refractivity contribution in [1.29, 1.82) is 0 Å². The van der Waals surface area contributed by atoms with Gasteiger partial charge in [-0.15, -0.1) is 16.8 Å². The first-order valence-corrected chi connectivity index (χ1v) is 14.8. The molecule has 9 heteroatoms. The van der Waals surface area contributed by atoms with Crippen molar-refractivity contribution in [2.75, 3.05) is 6.54 Å². The first kappa shape index (κ1) is 29.5. The molecule has 0 bridgehead atoms. The third-order valence-corrected chi connectivity index (χ3v) is 8.04. The Morgan fingerprint density at radius 1 is 1.07 bits per heavy atom. The number of hydroxylamine groups is 2. The summed E-state index contributed by atoms with van der Waals surface area (Å²) in [7, 11) is 0. The van der Waals surface area contributed by atoms with Crippen LogP contribution in [0.25, 0.3) is 10.9 Å². The van der Waals surface area contributed by atoms with Crippen molar-refractivity contribution < 1.29 is 19.5 Å². The van der Waals surface area contributed by atoms with Crippen LogP contribution in [0.4, 0.5) is 0 Å². The standard InChI is InChI=1S/C32H36ClN3O4S/c1-30(2,3)20-36-32(40-36,29(37)38)28-27(41-31(4,5)6)25-17-24(39-19-23-9-7-8-16-34-23)14-15-26(25)35(28)18-21-10-12-22(33)13-11-21/h7-17H,18-20H2,1-6H3,(H,37,38). The molecule has 4 aromatic rings. The second-order valence-electron chi connectivity index (χ2n) is 12.5. The number of rotatable bonds is 9. The highest BCUT2D eigenvalue weighted by atomic mass is 35.5. The Balaban J connectivity index is 1.70. The number of fused-ring (bicyclic) bond motifs is 1. The number of halogens is 1. The molecule has 2 aromatic heterocycles. The van der Waals surface area contributed by atoms with Crippen LogP contribution in [0, 0.1) is 5.41 Å². The van der Waals surface area contributed by atoms with Crippen LogP contribution in [0.5, 0.6) is 5.75 Å². The molecule has 5 rings (SSSR count). The van der Waals surface area contributed by atoms with Crippen molar-refractivity contribution in [3.8, 4) is 5.75 Å². The van der Waals surface area contributed by atoms with E-state index >= 15 is 0 Å². The molecule has 7 nitrogen and oxygen atoms in total. The molecule has 2 aromatic carbocycles. The average Bonchev–Trinajstić information content (AvgIpc) is 3.52. The van der Waals surface area contributed by atoms with Crippen LogP contribution >= 0.6 is 23.4 Å². The molecule has 1 aliphatic rings. The zero-order valence-corrected chi connectivity index (χ0v) is 25.8. The normalized spacial score (nSPS) is 19.0. The lowest BCUT2D eigenvalue weighted by molar-refractivity contribution is -0.144. The Hall–Kier alpha value is -3.04. The second kappa shape index (κ2) is 11.0. The van der Waals surface area contributed by atoms with Crippen molar-refractivity contribution in [2.45, 2.75) is 70.1 Å². The minimum Gasteiger partial charge on any atom is -0.487 e. The molecule has 41 heavy (non-hydrogen) atoms. The van der Waals surface area contributed by atoms with Crippen molar-refractivity contribution in [2.24, 2.45) is 5.41 Å². The lowest BCUT2D eigenvalue weighted by Gasteiger charge is -2.22. The molecule has 0 aliphatic carbocycles. The molecule has 216 valence electrons. The van der Waals surface area contributed by atoms with Crippen LogP contribution in [0.1, 0.15) is 58.5 Å². The Morgan fingerprint density at radius 3 is 2.41 bits per heavy atom. The van der Waals surface area contributed by atoms with Gasteiger partial charge in [-0.05, 0) is 53.4 Å². The van der Waals surface area contributed by atoms with Crippen molar-refractivity contribution in [3.63, 3.8) is 0 Å². The molecule has 2 atom stereocenters. The molecule has 1 fully saturated rings. The quantitative estimate of drug-likeness (QED) is 0.157. The highest BCUT2D eigenvalue weighted by molar-refractivity contribution is 8.00. The monoisotopic (exact) mass is 593 g/mol. The fourth-order valence-corrected chi connectivity index (χ4v) is 6.20. The minimum atomic E-state index is -1.61. The number of thioether (sulfide) groups is 1. The van der Waals surface area contributed by atoms with Crippen LogP contribution in [-0.4, -0.2) is 37.0 Å². The summed E-state index contributed by atoms with van der Waals surface area (Å²) in [4.78, 5) is 24.4. The number of aromatic nitrogens is 2. The third-order valence-electron chi connectivity index (χ3n) is 6.55. The van der Waals surface area contributed by atoms with Crippen molar-refractivity contribution >= 4 is 40.2 Å². The molecule has 0 spiro atoms. The zero-order chi connectivity index (χ0) is 29.6. The molecular weight excluding hydrogens is 558 g/mol. The summed E-state index contributed by atoms with van der Waals surface area (Å²) in [6, 6.07) is 19.3. The first-order valence-electron chi connectivity index (χ1n) is 13.6. The van der Waals surface area contributed by atoms with Gasteiger partial charge in [0.2, 0.25) is 0 Å². The largest absolute Gasteiger partial charge is 0.487 e. The van der Waals surface area contributed by atoms with Gasteiger partial charge in [-0.3, -0.25) is 9.82 Å². The van der Waals surface area contributed by atoms with Gasteiger partial charge in [-0.25, -0.2) is 4.79 Å². The Morgan fingerprint density at radius 2 is 1.80 bits per heavy atom. The van der Waals surface area contributed by atoms with Crippen molar-refractivity contribution in [1.82, 2.24) is 14.6 Å². The molecule has 1 N–H and O–H groups in total. The number of carboxylic acid groups (broad SMARTS) is 1. The van der Waals surface area contributed by atoms with Gasteiger partial charge in [0.15, 0.2) is 0 Å². The fourth-order valence-electron chi connectivity index (χ4n) is 4.84. The van der Waals surface area contributed by atoms with Gasteiger partial charge in [0.1, 0.15) is 12.4 Å². The van der Waals surface area contributed by atoms with E-state index in [2.05, 4.69) is 51.1 Å². The summed E-state index contributed by atoms with van der Waals surface area (Å²) in [6.07, 6.45) is 1.74. The highest BCUT2D eigenvalue weighted by Crippen LogP contribution is 2.54. The topological polar surface area (TPSA) is 79.9 Å². The van der Waals surface area contributed by atoms with Gasteiger partial charge in [-0.1, -0.05) is 71.3 Å². The van der Waals surface area contributed by atoms with Gasteiger partial charge in [0, 0.05) is 39.3 Å². The van der Waals surface area contributed by atoms with E-state index in [0.717, 1.165) is 27.1 Å². The maximum absolute atomic E-state index is 13.1. The first-order chi connectivity index (χ1) is 19.3. The Bertz CT molecular complexity index is 1560. The van der Waals surface area contributed by atoms with Crippen LogP contribution in [0.2, 0.25) is 5.02 Å². The predicted molar refractivity (Wildman–Crippen MR) is 163 cm³/mol. The maximum atomic E-state index is 13.1. The van der Waals surface area contributed by atoms with Gasteiger partial charge in [0.05, 0.1) is 16.9 Å². The maximum Gasteiger partial charge on any atom is 0.362 e. The third kappa shape index (κ3) is 6.41. The number of hydrogen-bond acceptors (Lipinski definition) is 6. The second-order valence-corrected chi connectivity index (χ2v) is 14.8. The number of carbonyl (C=O) groups is 1. The van der Waals surface area contributed by atoms with Gasteiger partial charge >= 0.3 is 11.7 Å². The SMILES string of the molecule is CC(C)(C)CN1OC1(C(=O)O)c1c(SC(C)(C)C)c2cc(OCc3ccccn3)ccc2n1Cc1ccc(Cl)cc1. The van der Waals surface area contributed by atoms with Crippen LogP contribution in [0.3, 0.4) is 0 Å². The van der Waals surface area contributed by atoms with E-state index in [4.69, 9.17) is 21.2 Å². The fraction of sp³-hybridized carbons (Fsp3) is 0.375. The number of nitrogens with zero attached hydrogens (tertiary/aromatic N) is 3. The van der Waals surface area contributed by atoms with E-state index in [9.17, 15) is 9.90 Å². The summed E-state index contributed by atoms with van der Waals surface area (Å²) in [5, 5.41) is 13.9. The number of ether oxygens (including phenoxy) is 1. The molecule has 1 saturated heterocycles. The lowest BCUT2D eigenvalue weighted by atomic mass is 9.96. The lowest BCUT2D eigenvalue weighted by Crippen LogP contribution is -2.33. The van der Waals surface area contributed by atoms with E-state index in [1.165, 1.54) is 0 Å². The molecule has 0 radical (unpaired) electrons. The number of hydrogen-bond donors (Lipinski definition) is 1. The average molecular weight is 594 g/mol. The van der Waals surface area contributed by atoms with Gasteiger partial charge in [0.25, 0.3) is 0 Å². The molecule has 0 saturated carbocycles.